The molecule has 0 spiro atoms. The highest BCUT2D eigenvalue weighted by Gasteiger charge is 2.61. The average Bonchev–Trinajstić information content (AvgIpc) is 2.53. The maximum absolute atomic E-state index is 11.3. The zero-order valence-electron chi connectivity index (χ0n) is 9.10. The van der Waals surface area contributed by atoms with Crippen LogP contribution in [0.5, 0.6) is 0 Å². The van der Waals surface area contributed by atoms with Crippen LogP contribution in [0.15, 0.2) is 0 Å². The van der Waals surface area contributed by atoms with Crippen LogP contribution in [-0.4, -0.2) is 44.6 Å². The van der Waals surface area contributed by atoms with Gasteiger partial charge < -0.3 is 18.4 Å². The lowest BCUT2D eigenvalue weighted by molar-refractivity contribution is -0.142. The molecule has 15 heavy (non-hydrogen) atoms. The summed E-state index contributed by atoms with van der Waals surface area (Å²) >= 11 is 0. The van der Waals surface area contributed by atoms with E-state index in [2.05, 4.69) is 0 Å². The van der Waals surface area contributed by atoms with Gasteiger partial charge in [0.2, 0.25) is 0 Å². The van der Waals surface area contributed by atoms with Gasteiger partial charge in [0.05, 0.1) is 6.61 Å². The highest BCUT2D eigenvalue weighted by molar-refractivity contribution is 6.63. The minimum absolute atomic E-state index is 0.108. The van der Waals surface area contributed by atoms with E-state index in [-0.39, 0.29) is 11.3 Å². The van der Waals surface area contributed by atoms with Crippen LogP contribution in [0.1, 0.15) is 20.8 Å². The average molecular weight is 232 g/mol. The predicted octanol–water partition coefficient (Wildman–Crippen LogP) is 0.0994. The molecule has 0 aromatic heterocycles. The molecular weight excluding hydrogens is 216 g/mol. The van der Waals surface area contributed by atoms with Crippen molar-refractivity contribution in [2.75, 3.05) is 6.61 Å². The van der Waals surface area contributed by atoms with Crippen molar-refractivity contribution < 1.29 is 23.2 Å². The highest BCUT2D eigenvalue weighted by Crippen LogP contribution is 2.38. The molecule has 2 aliphatic heterocycles. The number of fused-ring (bicyclic) bond motifs is 2. The summed E-state index contributed by atoms with van der Waals surface area (Å²) in [6.07, 6.45) is -2.08. The fourth-order valence-corrected chi connectivity index (χ4v) is 4.67. The minimum Gasteiger partial charge on any atom is -0.387 e. The van der Waals surface area contributed by atoms with Crippen molar-refractivity contribution >= 4 is 14.6 Å². The first-order valence-electron chi connectivity index (χ1n) is 5.14. The molecule has 6 heteroatoms. The third kappa shape index (κ3) is 1.66. The Balaban J connectivity index is 2.24. The third-order valence-electron chi connectivity index (χ3n) is 2.85. The SMILES string of the molecule is CC(=O)C1O[Si]2(C(C)C)OCC(O2)C1O. The summed E-state index contributed by atoms with van der Waals surface area (Å²) in [5.41, 5.74) is 0.108. The molecule has 86 valence electrons. The molecule has 4 atom stereocenters. The van der Waals surface area contributed by atoms with Crippen molar-refractivity contribution in [2.45, 2.75) is 44.6 Å². The summed E-state index contributed by atoms with van der Waals surface area (Å²) in [5, 5.41) is 9.79. The number of Topliss-reactive ketones (excluding diaryl/α,β-unsaturated/α-hetero) is 1. The Morgan fingerprint density at radius 2 is 2.13 bits per heavy atom. The second kappa shape index (κ2) is 3.64. The van der Waals surface area contributed by atoms with E-state index in [0.717, 1.165) is 0 Å². The maximum atomic E-state index is 11.3. The lowest BCUT2D eigenvalue weighted by atomic mass is 10.1. The summed E-state index contributed by atoms with van der Waals surface area (Å²) in [6, 6.07) is 0. The van der Waals surface area contributed by atoms with E-state index in [1.54, 1.807) is 0 Å². The smallest absolute Gasteiger partial charge is 0.387 e. The van der Waals surface area contributed by atoms with Gasteiger partial charge in [-0.15, -0.1) is 0 Å². The monoisotopic (exact) mass is 232 g/mol. The molecule has 0 saturated carbocycles. The van der Waals surface area contributed by atoms with Crippen LogP contribution in [0, 0.1) is 0 Å². The molecule has 4 unspecified atom stereocenters. The van der Waals surface area contributed by atoms with Crippen molar-refractivity contribution in [3.8, 4) is 0 Å². The van der Waals surface area contributed by atoms with Gasteiger partial charge in [0, 0.05) is 5.54 Å². The van der Waals surface area contributed by atoms with E-state index >= 15 is 0 Å². The van der Waals surface area contributed by atoms with Crippen molar-refractivity contribution in [1.82, 2.24) is 0 Å². The molecule has 0 aromatic rings. The summed E-state index contributed by atoms with van der Waals surface area (Å²) in [4.78, 5) is 11.3. The molecule has 2 fully saturated rings. The Kier molecular flexibility index (Phi) is 2.72. The van der Waals surface area contributed by atoms with Gasteiger partial charge in [-0.05, 0) is 6.92 Å². The lowest BCUT2D eigenvalue weighted by Crippen LogP contribution is -2.58. The van der Waals surface area contributed by atoms with Crippen LogP contribution in [0.3, 0.4) is 0 Å². The molecule has 0 aromatic carbocycles. The van der Waals surface area contributed by atoms with Crippen LogP contribution >= 0.6 is 0 Å². The Hall–Kier alpha value is -0.273. The van der Waals surface area contributed by atoms with Crippen molar-refractivity contribution in [2.24, 2.45) is 0 Å². The Labute approximate surface area is 89.7 Å². The molecule has 1 N–H and O–H groups in total. The van der Waals surface area contributed by atoms with E-state index in [0.29, 0.717) is 6.61 Å². The first-order valence-corrected chi connectivity index (χ1v) is 6.94. The Morgan fingerprint density at radius 3 is 2.67 bits per heavy atom. The molecule has 2 heterocycles. The summed E-state index contributed by atoms with van der Waals surface area (Å²) < 4.78 is 16.8. The second-order valence-electron chi connectivity index (χ2n) is 4.37. The van der Waals surface area contributed by atoms with Gasteiger partial charge in [-0.2, -0.15) is 0 Å². The first kappa shape index (κ1) is 11.2. The van der Waals surface area contributed by atoms with Crippen LogP contribution in [0.2, 0.25) is 5.54 Å². The fraction of sp³-hybridized carbons (Fsp3) is 0.889. The molecule has 2 saturated heterocycles. The molecule has 2 bridgehead atoms. The molecule has 0 aliphatic carbocycles. The number of ketones is 1. The van der Waals surface area contributed by atoms with Crippen molar-refractivity contribution in [3.05, 3.63) is 0 Å². The van der Waals surface area contributed by atoms with Gasteiger partial charge in [0.25, 0.3) is 0 Å². The van der Waals surface area contributed by atoms with Gasteiger partial charge in [-0.1, -0.05) is 13.8 Å². The van der Waals surface area contributed by atoms with Gasteiger partial charge in [0.15, 0.2) is 5.78 Å². The number of aliphatic hydroxyl groups is 1. The largest absolute Gasteiger partial charge is 0.504 e. The van der Waals surface area contributed by atoms with Gasteiger partial charge in [-0.3, -0.25) is 4.79 Å². The molecular formula is C9H16O5Si. The van der Waals surface area contributed by atoms with E-state index in [1.807, 2.05) is 13.8 Å². The number of hydrogen-bond acceptors (Lipinski definition) is 5. The lowest BCUT2D eigenvalue weighted by Gasteiger charge is -2.37. The predicted molar refractivity (Wildman–Crippen MR) is 53.2 cm³/mol. The van der Waals surface area contributed by atoms with Crippen LogP contribution < -0.4 is 0 Å². The van der Waals surface area contributed by atoms with Crippen molar-refractivity contribution in [1.29, 1.82) is 0 Å². The molecule has 2 rings (SSSR count). The number of aliphatic hydroxyl groups excluding tert-OH is 1. The van der Waals surface area contributed by atoms with Crippen LogP contribution in [0.25, 0.3) is 0 Å². The fourth-order valence-electron chi connectivity index (χ4n) is 1.91. The minimum atomic E-state index is -2.71. The zero-order valence-corrected chi connectivity index (χ0v) is 10.1. The van der Waals surface area contributed by atoms with Gasteiger partial charge in [-0.25, -0.2) is 0 Å². The summed E-state index contributed by atoms with van der Waals surface area (Å²) in [7, 11) is -2.71. The Morgan fingerprint density at radius 1 is 1.47 bits per heavy atom. The zero-order chi connectivity index (χ0) is 11.2. The summed E-state index contributed by atoms with van der Waals surface area (Å²) in [6.45, 7) is 5.64. The van der Waals surface area contributed by atoms with Crippen LogP contribution in [-0.2, 0) is 18.1 Å². The van der Waals surface area contributed by atoms with Crippen molar-refractivity contribution in [3.63, 3.8) is 0 Å². The highest BCUT2D eigenvalue weighted by atomic mass is 28.4. The standard InChI is InChI=1S/C9H16O5Si/c1-5(2)15-12-4-7(13-15)8(11)9(14-15)6(3)10/h5,7-9,11H,4H2,1-3H3. The van der Waals surface area contributed by atoms with E-state index in [4.69, 9.17) is 13.3 Å². The topological polar surface area (TPSA) is 65.0 Å². The van der Waals surface area contributed by atoms with E-state index < -0.39 is 27.1 Å². The van der Waals surface area contributed by atoms with E-state index in [1.165, 1.54) is 6.92 Å². The molecule has 0 radical (unpaired) electrons. The normalized spacial score (nSPS) is 44.7. The molecule has 0 amide bonds. The van der Waals surface area contributed by atoms with Gasteiger partial charge in [0.1, 0.15) is 18.3 Å². The molecule has 2 aliphatic rings. The Bertz CT molecular complexity index is 282. The van der Waals surface area contributed by atoms with Crippen LogP contribution in [0.4, 0.5) is 0 Å². The van der Waals surface area contributed by atoms with E-state index in [9.17, 15) is 9.90 Å². The summed E-state index contributed by atoms with van der Waals surface area (Å²) in [5.74, 6) is -0.168. The number of carbonyl (C=O) groups excluding carboxylic acids is 1. The number of carbonyl (C=O) groups is 1. The first-order chi connectivity index (χ1) is 6.96. The number of hydrogen-bond donors (Lipinski definition) is 1. The quantitative estimate of drug-likeness (QED) is 0.684. The maximum Gasteiger partial charge on any atom is 0.504 e. The van der Waals surface area contributed by atoms with Gasteiger partial charge >= 0.3 is 8.80 Å². The third-order valence-corrected chi connectivity index (χ3v) is 6.05. The number of rotatable bonds is 2. The second-order valence-corrected chi connectivity index (χ2v) is 7.49. The molecule has 5 nitrogen and oxygen atoms in total.